The number of ether oxygens (including phenoxy) is 1. The van der Waals surface area contributed by atoms with E-state index in [-0.39, 0.29) is 24.7 Å². The van der Waals surface area contributed by atoms with E-state index in [4.69, 9.17) is 15.3 Å². The van der Waals surface area contributed by atoms with Crippen LogP contribution in [-0.2, 0) is 19.1 Å². The van der Waals surface area contributed by atoms with Gasteiger partial charge in [0.2, 0.25) is 11.8 Å². The van der Waals surface area contributed by atoms with Gasteiger partial charge in [-0.05, 0) is 45.1 Å². The predicted molar refractivity (Wildman–Crippen MR) is 143 cm³/mol. The topological polar surface area (TPSA) is 159 Å². The van der Waals surface area contributed by atoms with Crippen molar-refractivity contribution in [3.8, 4) is 0 Å². The molecule has 0 aromatic heterocycles. The number of nitrogens with one attached hydrogen (secondary N) is 1. The second-order valence-corrected chi connectivity index (χ2v) is 7.79. The van der Waals surface area contributed by atoms with Gasteiger partial charge in [-0.15, -0.1) is 0 Å². The van der Waals surface area contributed by atoms with Gasteiger partial charge in [-0.3, -0.25) is 14.5 Å². The van der Waals surface area contributed by atoms with Crippen LogP contribution in [0.1, 0.15) is 99.3 Å². The number of nitrogens with zero attached hydrogens (tertiary/aromatic N) is 1. The molecule has 1 aliphatic carbocycles. The minimum atomic E-state index is -0.245. The summed E-state index contributed by atoms with van der Waals surface area (Å²) in [6.45, 7) is 14.3. The van der Waals surface area contributed by atoms with Crippen LogP contribution in [-0.4, -0.2) is 68.5 Å². The standard InChI is InChI=1S/C13H28N2O2.C7H15N.C3H7NO.CH2O.CH4.H2O/c1-4-7-9-14-13(16)11-15(10-8-5-2)12-17-6-3;8-6-7-4-2-1-3-5-7;1-2-3(4)5;1-2;;/h4-12H2,1-3H3,(H,14,16);7H,1-6,8H2;2H2,1H3,(H2,4,5);1H2;1H4;1H2. The maximum atomic E-state index is 11.6. The Morgan fingerprint density at radius 2 is 1.56 bits per heavy atom. The van der Waals surface area contributed by atoms with Gasteiger partial charge in [-0.2, -0.15) is 0 Å². The first-order chi connectivity index (χ1) is 15.4. The first-order valence-corrected chi connectivity index (χ1v) is 12.3. The van der Waals surface area contributed by atoms with E-state index in [1.807, 2.05) is 13.7 Å². The molecule has 1 saturated carbocycles. The lowest BCUT2D eigenvalue weighted by atomic mass is 9.90. The van der Waals surface area contributed by atoms with Crippen molar-refractivity contribution in [2.75, 3.05) is 39.5 Å². The van der Waals surface area contributed by atoms with E-state index in [0.29, 0.717) is 26.3 Å². The van der Waals surface area contributed by atoms with Crippen LogP contribution in [0.25, 0.3) is 0 Å². The summed E-state index contributed by atoms with van der Waals surface area (Å²) in [6, 6.07) is 0. The van der Waals surface area contributed by atoms with E-state index < -0.39 is 0 Å². The number of carbonyl (C=O) groups excluding carboxylic acids is 3. The zero-order valence-electron chi connectivity index (χ0n) is 21.8. The van der Waals surface area contributed by atoms with Crippen LogP contribution in [0.5, 0.6) is 0 Å². The summed E-state index contributed by atoms with van der Waals surface area (Å²) in [4.78, 5) is 31.3. The summed E-state index contributed by atoms with van der Waals surface area (Å²) < 4.78 is 5.37. The summed E-state index contributed by atoms with van der Waals surface area (Å²) in [5.41, 5.74) is 10.2. The monoisotopic (exact) mass is 494 g/mol. The first kappa shape index (κ1) is 42.6. The quantitative estimate of drug-likeness (QED) is 0.263. The van der Waals surface area contributed by atoms with Gasteiger partial charge in [0.15, 0.2) is 0 Å². The van der Waals surface area contributed by atoms with Crippen molar-refractivity contribution in [2.24, 2.45) is 17.4 Å². The molecule has 2 amide bonds. The van der Waals surface area contributed by atoms with Gasteiger partial charge in [0.05, 0.1) is 13.3 Å². The number of hydrogen-bond acceptors (Lipinski definition) is 6. The lowest BCUT2D eigenvalue weighted by Crippen LogP contribution is -2.39. The third-order valence-corrected chi connectivity index (χ3v) is 4.93. The second-order valence-electron chi connectivity index (χ2n) is 7.79. The van der Waals surface area contributed by atoms with Crippen LogP contribution in [0.4, 0.5) is 0 Å². The van der Waals surface area contributed by atoms with Crippen molar-refractivity contribution in [1.82, 2.24) is 10.2 Å². The zero-order chi connectivity index (χ0) is 25.0. The Morgan fingerprint density at radius 3 is 1.94 bits per heavy atom. The summed E-state index contributed by atoms with van der Waals surface area (Å²) in [6.07, 6.45) is 11.9. The minimum Gasteiger partial charge on any atom is -0.412 e. The molecule has 0 spiro atoms. The molecule has 1 aliphatic rings. The van der Waals surface area contributed by atoms with Crippen LogP contribution < -0.4 is 16.8 Å². The summed E-state index contributed by atoms with van der Waals surface area (Å²) in [5.74, 6) is 0.725. The molecule has 9 heteroatoms. The molecule has 0 heterocycles. The SMILES string of the molecule is C.C=O.CCC(N)=O.CCCCNC(=O)CN(CCCC)COCC.NCC1CCCCC1.O. The molecule has 1 rings (SSSR count). The van der Waals surface area contributed by atoms with Crippen LogP contribution in [0, 0.1) is 5.92 Å². The Bertz CT molecular complexity index is 401. The highest BCUT2D eigenvalue weighted by Gasteiger charge is 2.10. The molecule has 0 radical (unpaired) electrons. The average Bonchev–Trinajstić information content (AvgIpc) is 2.83. The largest absolute Gasteiger partial charge is 0.412 e. The zero-order valence-corrected chi connectivity index (χ0v) is 21.8. The molecule has 0 aromatic rings. The fraction of sp³-hybridized carbons (Fsp3) is 0.880. The molecule has 0 saturated heterocycles. The highest BCUT2D eigenvalue weighted by Crippen LogP contribution is 2.21. The van der Waals surface area contributed by atoms with Crippen molar-refractivity contribution in [3.63, 3.8) is 0 Å². The highest BCUT2D eigenvalue weighted by atomic mass is 16.5. The smallest absolute Gasteiger partial charge is 0.234 e. The molecule has 208 valence electrons. The fourth-order valence-electron chi connectivity index (χ4n) is 2.88. The van der Waals surface area contributed by atoms with E-state index in [1.165, 1.54) is 32.1 Å². The molecule has 1 fully saturated rings. The van der Waals surface area contributed by atoms with E-state index in [1.54, 1.807) is 6.92 Å². The van der Waals surface area contributed by atoms with E-state index in [2.05, 4.69) is 29.8 Å². The predicted octanol–water partition coefficient (Wildman–Crippen LogP) is 3.03. The molecule has 0 bridgehead atoms. The number of nitrogens with two attached hydrogens (primary N) is 2. The van der Waals surface area contributed by atoms with Crippen molar-refractivity contribution in [3.05, 3.63) is 0 Å². The maximum absolute atomic E-state index is 11.6. The van der Waals surface area contributed by atoms with Crippen molar-refractivity contribution in [1.29, 1.82) is 0 Å². The number of hydrogen-bond donors (Lipinski definition) is 3. The third-order valence-electron chi connectivity index (χ3n) is 4.93. The Morgan fingerprint density at radius 1 is 1.03 bits per heavy atom. The Labute approximate surface area is 210 Å². The molecular weight excluding hydrogens is 436 g/mol. The molecule has 0 atom stereocenters. The lowest BCUT2D eigenvalue weighted by Gasteiger charge is -2.21. The van der Waals surface area contributed by atoms with Gasteiger partial charge >= 0.3 is 0 Å². The Kier molecular flexibility index (Phi) is 45.1. The molecule has 0 aromatic carbocycles. The van der Waals surface area contributed by atoms with E-state index in [9.17, 15) is 9.59 Å². The highest BCUT2D eigenvalue weighted by molar-refractivity contribution is 5.77. The van der Waals surface area contributed by atoms with Crippen molar-refractivity contribution in [2.45, 2.75) is 99.3 Å². The summed E-state index contributed by atoms with van der Waals surface area (Å²) in [5, 5.41) is 2.93. The number of unbranched alkanes of at least 4 members (excludes halogenated alkanes) is 2. The van der Waals surface area contributed by atoms with Crippen LogP contribution >= 0.6 is 0 Å². The van der Waals surface area contributed by atoms with Crippen LogP contribution in [0.3, 0.4) is 0 Å². The number of amides is 2. The summed E-state index contributed by atoms with van der Waals surface area (Å²) in [7, 11) is 0. The van der Waals surface area contributed by atoms with Gasteiger partial charge < -0.3 is 31.8 Å². The normalized spacial score (nSPS) is 12.2. The molecule has 34 heavy (non-hydrogen) atoms. The first-order valence-electron chi connectivity index (χ1n) is 12.3. The molecule has 7 N–H and O–H groups in total. The average molecular weight is 495 g/mol. The lowest BCUT2D eigenvalue weighted by molar-refractivity contribution is -0.123. The molecular formula is C25H58N4O5. The number of rotatable bonds is 13. The van der Waals surface area contributed by atoms with Gasteiger partial charge in [0.1, 0.15) is 6.79 Å². The second kappa shape index (κ2) is 36.0. The third kappa shape index (κ3) is 35.0. The van der Waals surface area contributed by atoms with Gasteiger partial charge in [-0.25, -0.2) is 0 Å². The van der Waals surface area contributed by atoms with Crippen LogP contribution in [0.15, 0.2) is 0 Å². The fourth-order valence-corrected chi connectivity index (χ4v) is 2.88. The maximum Gasteiger partial charge on any atom is 0.234 e. The van der Waals surface area contributed by atoms with Crippen molar-refractivity contribution >= 4 is 18.6 Å². The van der Waals surface area contributed by atoms with E-state index >= 15 is 0 Å². The Hall–Kier alpha value is -1.55. The van der Waals surface area contributed by atoms with Gasteiger partial charge in [0, 0.05) is 26.1 Å². The number of carbonyl (C=O) groups is 3. The number of primary amides is 1. The Balaban J connectivity index is -0.000000137. The molecule has 0 unspecified atom stereocenters. The van der Waals surface area contributed by atoms with Crippen LogP contribution in [0.2, 0.25) is 0 Å². The van der Waals surface area contributed by atoms with Gasteiger partial charge in [-0.1, -0.05) is 60.3 Å². The molecule has 9 nitrogen and oxygen atoms in total. The van der Waals surface area contributed by atoms with Gasteiger partial charge in [0.25, 0.3) is 0 Å². The summed E-state index contributed by atoms with van der Waals surface area (Å²) >= 11 is 0. The van der Waals surface area contributed by atoms with Crippen molar-refractivity contribution < 1.29 is 24.6 Å². The van der Waals surface area contributed by atoms with E-state index in [0.717, 1.165) is 51.2 Å². The molecule has 0 aliphatic heterocycles. The minimum absolute atomic E-state index is 0.